The van der Waals surface area contributed by atoms with Crippen LogP contribution in [-0.4, -0.2) is 11.7 Å². The number of rotatable bonds is 0. The first-order chi connectivity index (χ1) is 5.79. The summed E-state index contributed by atoms with van der Waals surface area (Å²) in [6, 6.07) is 3.78. The van der Waals surface area contributed by atoms with E-state index < -0.39 is 0 Å². The zero-order valence-corrected chi connectivity index (χ0v) is 8.45. The van der Waals surface area contributed by atoms with Gasteiger partial charge < -0.3 is 10.4 Å². The van der Waals surface area contributed by atoms with Crippen LogP contribution in [0.3, 0.4) is 0 Å². The van der Waals surface area contributed by atoms with Crippen molar-refractivity contribution in [2.45, 2.75) is 19.9 Å². The summed E-state index contributed by atoms with van der Waals surface area (Å²) in [6.45, 7) is 3.95. The van der Waals surface area contributed by atoms with E-state index in [9.17, 15) is 5.11 Å². The summed E-state index contributed by atoms with van der Waals surface area (Å²) >= 11 is 0. The van der Waals surface area contributed by atoms with Crippen LogP contribution in [0.2, 0.25) is 0 Å². The van der Waals surface area contributed by atoms with E-state index in [1.54, 1.807) is 6.07 Å². The van der Waals surface area contributed by atoms with Crippen molar-refractivity contribution in [3.63, 3.8) is 0 Å². The van der Waals surface area contributed by atoms with E-state index >= 15 is 0 Å². The van der Waals surface area contributed by atoms with Gasteiger partial charge >= 0.3 is 0 Å². The summed E-state index contributed by atoms with van der Waals surface area (Å²) in [6.07, 6.45) is 1.04. The highest BCUT2D eigenvalue weighted by molar-refractivity contribution is 5.85. The number of hydrogen-bond donors (Lipinski definition) is 2. The SMILES string of the molecule is Cc1c(O)ccc2c1CCNC2.Cl. The first kappa shape index (κ1) is 10.4. The highest BCUT2D eigenvalue weighted by Crippen LogP contribution is 2.25. The molecule has 1 aromatic carbocycles. The Labute approximate surface area is 84.4 Å². The van der Waals surface area contributed by atoms with Crippen molar-refractivity contribution in [3.8, 4) is 5.75 Å². The number of aromatic hydroxyl groups is 1. The number of halogens is 1. The molecule has 0 spiro atoms. The van der Waals surface area contributed by atoms with Gasteiger partial charge in [-0.05, 0) is 42.6 Å². The quantitative estimate of drug-likeness (QED) is 0.668. The highest BCUT2D eigenvalue weighted by Gasteiger charge is 2.12. The van der Waals surface area contributed by atoms with Crippen molar-refractivity contribution in [3.05, 3.63) is 28.8 Å². The third kappa shape index (κ3) is 1.79. The maximum absolute atomic E-state index is 9.45. The first-order valence-electron chi connectivity index (χ1n) is 4.30. The molecule has 0 aromatic heterocycles. The fourth-order valence-corrected chi connectivity index (χ4v) is 1.75. The van der Waals surface area contributed by atoms with E-state index in [0.29, 0.717) is 5.75 Å². The third-order valence-corrected chi connectivity index (χ3v) is 2.53. The second-order valence-corrected chi connectivity index (χ2v) is 3.27. The number of nitrogens with one attached hydrogen (secondary N) is 1. The van der Waals surface area contributed by atoms with Crippen molar-refractivity contribution < 1.29 is 5.11 Å². The van der Waals surface area contributed by atoms with Gasteiger partial charge in [0.15, 0.2) is 0 Å². The Morgan fingerprint density at radius 2 is 2.15 bits per heavy atom. The molecule has 0 bridgehead atoms. The Hall–Kier alpha value is -0.730. The third-order valence-electron chi connectivity index (χ3n) is 2.53. The van der Waals surface area contributed by atoms with Gasteiger partial charge in [-0.1, -0.05) is 6.07 Å². The molecule has 72 valence electrons. The average molecular weight is 200 g/mol. The van der Waals surface area contributed by atoms with Crippen molar-refractivity contribution in [1.82, 2.24) is 5.32 Å². The van der Waals surface area contributed by atoms with Gasteiger partial charge in [-0.3, -0.25) is 0 Å². The van der Waals surface area contributed by atoms with E-state index in [0.717, 1.165) is 25.1 Å². The maximum atomic E-state index is 9.45. The highest BCUT2D eigenvalue weighted by atomic mass is 35.5. The van der Waals surface area contributed by atoms with Crippen molar-refractivity contribution in [2.75, 3.05) is 6.54 Å². The van der Waals surface area contributed by atoms with Crippen LogP contribution in [0.4, 0.5) is 0 Å². The second-order valence-electron chi connectivity index (χ2n) is 3.27. The lowest BCUT2D eigenvalue weighted by Crippen LogP contribution is -2.24. The molecule has 2 nitrogen and oxygen atoms in total. The normalized spacial score (nSPS) is 14.5. The molecule has 1 heterocycles. The number of benzene rings is 1. The van der Waals surface area contributed by atoms with Gasteiger partial charge in [0.25, 0.3) is 0 Å². The average Bonchev–Trinajstić information content (AvgIpc) is 2.12. The smallest absolute Gasteiger partial charge is 0.118 e. The van der Waals surface area contributed by atoms with Crippen LogP contribution in [0.25, 0.3) is 0 Å². The molecule has 3 heteroatoms. The van der Waals surface area contributed by atoms with Crippen molar-refractivity contribution in [2.24, 2.45) is 0 Å². The van der Waals surface area contributed by atoms with Crippen molar-refractivity contribution in [1.29, 1.82) is 0 Å². The van der Waals surface area contributed by atoms with E-state index in [4.69, 9.17) is 0 Å². The summed E-state index contributed by atoms with van der Waals surface area (Å²) in [7, 11) is 0. The minimum atomic E-state index is 0. The molecule has 2 rings (SSSR count). The number of phenols is 1. The van der Waals surface area contributed by atoms with Crippen LogP contribution in [0.1, 0.15) is 16.7 Å². The Kier molecular flexibility index (Phi) is 3.17. The molecule has 13 heavy (non-hydrogen) atoms. The maximum Gasteiger partial charge on any atom is 0.118 e. The molecule has 0 aliphatic carbocycles. The minimum absolute atomic E-state index is 0. The molecule has 2 N–H and O–H groups in total. The lowest BCUT2D eigenvalue weighted by Gasteiger charge is -2.19. The van der Waals surface area contributed by atoms with Crippen molar-refractivity contribution >= 4 is 12.4 Å². The van der Waals surface area contributed by atoms with Gasteiger partial charge in [0.05, 0.1) is 0 Å². The summed E-state index contributed by atoms with van der Waals surface area (Å²) < 4.78 is 0. The fraction of sp³-hybridized carbons (Fsp3) is 0.400. The van der Waals surface area contributed by atoms with Gasteiger partial charge in [-0.2, -0.15) is 0 Å². The van der Waals surface area contributed by atoms with E-state index in [1.807, 2.05) is 13.0 Å². The predicted molar refractivity (Wildman–Crippen MR) is 55.5 cm³/mol. The van der Waals surface area contributed by atoms with Crippen LogP contribution < -0.4 is 5.32 Å². The van der Waals surface area contributed by atoms with E-state index in [1.165, 1.54) is 11.1 Å². The molecule has 0 unspecified atom stereocenters. The molecule has 1 aliphatic heterocycles. The molecule has 1 aromatic rings. The Balaban J connectivity index is 0.000000845. The summed E-state index contributed by atoms with van der Waals surface area (Å²) in [5.41, 5.74) is 3.71. The molecule has 1 aliphatic rings. The monoisotopic (exact) mass is 199 g/mol. The Bertz CT molecular complexity index is 312. The number of phenolic OH excluding ortho intramolecular Hbond substituents is 1. The summed E-state index contributed by atoms with van der Waals surface area (Å²) in [5.74, 6) is 0.427. The standard InChI is InChI=1S/C10H13NO.ClH/c1-7-9-4-5-11-6-8(9)2-3-10(7)12;/h2-3,11-12H,4-6H2,1H3;1H. The summed E-state index contributed by atoms with van der Waals surface area (Å²) in [5, 5.41) is 12.8. The van der Waals surface area contributed by atoms with Crippen LogP contribution >= 0.6 is 12.4 Å². The topological polar surface area (TPSA) is 32.3 Å². The molecule has 0 saturated carbocycles. The van der Waals surface area contributed by atoms with Crippen LogP contribution in [0, 0.1) is 6.92 Å². The lowest BCUT2D eigenvalue weighted by atomic mass is 9.96. The molecule has 0 amide bonds. The number of fused-ring (bicyclic) bond motifs is 1. The molecule has 0 atom stereocenters. The van der Waals surface area contributed by atoms with Crippen LogP contribution in [0.15, 0.2) is 12.1 Å². The van der Waals surface area contributed by atoms with Gasteiger partial charge in [0.1, 0.15) is 5.75 Å². The lowest BCUT2D eigenvalue weighted by molar-refractivity contribution is 0.468. The van der Waals surface area contributed by atoms with Crippen LogP contribution in [0.5, 0.6) is 5.75 Å². The zero-order valence-electron chi connectivity index (χ0n) is 7.63. The fourth-order valence-electron chi connectivity index (χ4n) is 1.75. The minimum Gasteiger partial charge on any atom is -0.508 e. The largest absolute Gasteiger partial charge is 0.508 e. The van der Waals surface area contributed by atoms with Gasteiger partial charge in [-0.25, -0.2) is 0 Å². The van der Waals surface area contributed by atoms with E-state index in [-0.39, 0.29) is 12.4 Å². The zero-order chi connectivity index (χ0) is 8.55. The molecular weight excluding hydrogens is 186 g/mol. The first-order valence-corrected chi connectivity index (χ1v) is 4.30. The van der Waals surface area contributed by atoms with Gasteiger partial charge in [0.2, 0.25) is 0 Å². The Morgan fingerprint density at radius 3 is 2.92 bits per heavy atom. The van der Waals surface area contributed by atoms with Gasteiger partial charge in [0, 0.05) is 6.54 Å². The van der Waals surface area contributed by atoms with Crippen LogP contribution in [-0.2, 0) is 13.0 Å². The van der Waals surface area contributed by atoms with Gasteiger partial charge in [-0.15, -0.1) is 12.4 Å². The van der Waals surface area contributed by atoms with E-state index in [2.05, 4.69) is 5.32 Å². The summed E-state index contributed by atoms with van der Waals surface area (Å²) in [4.78, 5) is 0. The molecule has 0 radical (unpaired) electrons. The molecule has 0 saturated heterocycles. The molecular formula is C10H14ClNO. The molecule has 0 fully saturated rings. The Morgan fingerprint density at radius 1 is 1.38 bits per heavy atom. The number of hydrogen-bond acceptors (Lipinski definition) is 2. The second kappa shape index (κ2) is 3.99. The predicted octanol–water partition coefficient (Wildman–Crippen LogP) is 1.77.